The Morgan fingerprint density at radius 2 is 1.60 bits per heavy atom. The quantitative estimate of drug-likeness (QED) is 0.500. The first-order valence-corrected chi connectivity index (χ1v) is 5.50. The topological polar surface area (TPSA) is 27.7 Å². The van der Waals surface area contributed by atoms with Crippen LogP contribution in [0.4, 0.5) is 0 Å². The van der Waals surface area contributed by atoms with Crippen molar-refractivity contribution in [2.24, 2.45) is 0 Å². The Morgan fingerprint density at radius 1 is 1.07 bits per heavy atom. The fraction of sp³-hybridized carbons (Fsp3) is 0.818. The fourth-order valence-corrected chi connectivity index (χ4v) is 0.798. The summed E-state index contributed by atoms with van der Waals surface area (Å²) in [5.74, 6) is 2.88. The molecule has 0 aliphatic rings. The molecule has 0 bridgehead atoms. The first-order valence-electron chi connectivity index (χ1n) is 5.50. The molecule has 0 saturated carbocycles. The molecule has 0 aliphatic carbocycles. The van der Waals surface area contributed by atoms with Gasteiger partial charge in [-0.3, -0.25) is 0 Å². The molecule has 0 fully saturated rings. The van der Waals surface area contributed by atoms with Crippen LogP contribution in [0.15, 0.2) is 0 Å². The third-order valence-corrected chi connectivity index (χ3v) is 1.37. The minimum Gasteiger partial charge on any atom is -0.462 e. The lowest BCUT2D eigenvalue weighted by Crippen LogP contribution is -2.31. The normalized spacial score (nSPS) is 10.1. The number of rotatable bonds is 6. The van der Waals surface area contributed by atoms with Crippen LogP contribution in [-0.2, 0) is 14.0 Å². The third kappa shape index (κ3) is 9.64. The zero-order chi connectivity index (χ0) is 11.7. The molecule has 0 rings (SSSR count). The van der Waals surface area contributed by atoms with Crippen molar-refractivity contribution in [2.45, 2.75) is 59.7 Å². The van der Waals surface area contributed by atoms with Gasteiger partial charge in [0.05, 0.1) is 6.11 Å². The summed E-state index contributed by atoms with van der Waals surface area (Å²) in [7, 11) is -0.686. The van der Waals surface area contributed by atoms with Gasteiger partial charge in [-0.2, -0.15) is 0 Å². The molecule has 0 aromatic heterocycles. The fourth-order valence-electron chi connectivity index (χ4n) is 0.798. The van der Waals surface area contributed by atoms with E-state index in [0.717, 1.165) is 12.8 Å². The molecule has 0 amide bonds. The first kappa shape index (κ1) is 14.3. The van der Waals surface area contributed by atoms with Gasteiger partial charge in [0.2, 0.25) is 0 Å². The predicted octanol–water partition coefficient (Wildman–Crippen LogP) is 2.60. The van der Waals surface area contributed by atoms with E-state index in [1.54, 1.807) is 0 Å². The van der Waals surface area contributed by atoms with Crippen molar-refractivity contribution >= 4 is 7.32 Å². The smallest absolute Gasteiger partial charge is 0.462 e. The molecule has 86 valence electrons. The summed E-state index contributed by atoms with van der Waals surface area (Å²) in [5, 5.41) is 0. The lowest BCUT2D eigenvalue weighted by molar-refractivity contribution is 0.0779. The van der Waals surface area contributed by atoms with Crippen molar-refractivity contribution < 1.29 is 14.0 Å². The maximum Gasteiger partial charge on any atom is 0.722 e. The average molecular weight is 212 g/mol. The van der Waals surface area contributed by atoms with Gasteiger partial charge in [-0.1, -0.05) is 12.8 Å². The molecule has 0 aliphatic heterocycles. The summed E-state index contributed by atoms with van der Waals surface area (Å²) in [4.78, 5) is 0. The van der Waals surface area contributed by atoms with Crippen LogP contribution < -0.4 is 0 Å². The second-order valence-electron chi connectivity index (χ2n) is 3.81. The maximum atomic E-state index is 5.39. The molecule has 0 aromatic carbocycles. The molecule has 4 heteroatoms. The van der Waals surface area contributed by atoms with Crippen LogP contribution in [0, 0.1) is 12.0 Å². The Balaban J connectivity index is 3.96. The number of unbranched alkanes of at least 4 members (excludes halogenated alkanes) is 1. The van der Waals surface area contributed by atoms with E-state index in [4.69, 9.17) is 14.0 Å². The van der Waals surface area contributed by atoms with Gasteiger partial charge < -0.3 is 14.0 Å². The standard InChI is InChI=1S/C11H21BO3/c1-6-7-8-9-13-12(14-10(2)3)15-11(4)5/h10-11H,6-7H2,1-5H3. The summed E-state index contributed by atoms with van der Waals surface area (Å²) in [5.41, 5.74) is 0. The van der Waals surface area contributed by atoms with Crippen LogP contribution in [0.2, 0.25) is 0 Å². The highest BCUT2D eigenvalue weighted by Gasteiger charge is 2.25. The Kier molecular flexibility index (Phi) is 8.26. The zero-order valence-electron chi connectivity index (χ0n) is 10.4. The summed E-state index contributed by atoms with van der Waals surface area (Å²) in [6.45, 7) is 9.79. The van der Waals surface area contributed by atoms with Gasteiger partial charge in [0.15, 0.2) is 0 Å². The summed E-state index contributed by atoms with van der Waals surface area (Å²) < 4.78 is 15.9. The van der Waals surface area contributed by atoms with Gasteiger partial charge in [-0.25, -0.2) is 0 Å². The van der Waals surface area contributed by atoms with Gasteiger partial charge in [0, 0.05) is 18.6 Å². The average Bonchev–Trinajstić information content (AvgIpc) is 2.10. The number of hydrogen-bond acceptors (Lipinski definition) is 3. The summed E-state index contributed by atoms with van der Waals surface area (Å²) in [6.07, 6.45) is 4.57. The minimum absolute atomic E-state index is 0.0572. The summed E-state index contributed by atoms with van der Waals surface area (Å²) >= 11 is 0. The molecule has 0 spiro atoms. The van der Waals surface area contributed by atoms with Gasteiger partial charge in [-0.05, 0) is 34.1 Å². The molecule has 0 saturated heterocycles. The van der Waals surface area contributed by atoms with E-state index in [1.807, 2.05) is 27.7 Å². The van der Waals surface area contributed by atoms with Crippen molar-refractivity contribution in [3.8, 4) is 12.0 Å². The van der Waals surface area contributed by atoms with Gasteiger partial charge in [0.25, 0.3) is 0 Å². The third-order valence-electron chi connectivity index (χ3n) is 1.37. The molecular formula is C11H21BO3. The van der Waals surface area contributed by atoms with Crippen LogP contribution >= 0.6 is 0 Å². The number of hydrogen-bond donors (Lipinski definition) is 0. The highest BCUT2D eigenvalue weighted by atomic mass is 16.7. The van der Waals surface area contributed by atoms with Crippen LogP contribution in [0.1, 0.15) is 47.5 Å². The van der Waals surface area contributed by atoms with Crippen LogP contribution in [0.5, 0.6) is 0 Å². The lowest BCUT2D eigenvalue weighted by atomic mass is 10.2. The second-order valence-corrected chi connectivity index (χ2v) is 3.81. The van der Waals surface area contributed by atoms with Crippen molar-refractivity contribution in [3.05, 3.63) is 0 Å². The Morgan fingerprint density at radius 3 is 2.00 bits per heavy atom. The van der Waals surface area contributed by atoms with Crippen molar-refractivity contribution in [1.29, 1.82) is 0 Å². The Bertz CT molecular complexity index is 196. The van der Waals surface area contributed by atoms with E-state index >= 15 is 0 Å². The first-order chi connectivity index (χ1) is 7.06. The Hall–Kier alpha value is -0.655. The second kappa shape index (κ2) is 8.64. The van der Waals surface area contributed by atoms with Gasteiger partial charge >= 0.3 is 7.32 Å². The molecule has 15 heavy (non-hydrogen) atoms. The van der Waals surface area contributed by atoms with E-state index in [0.29, 0.717) is 0 Å². The van der Waals surface area contributed by atoms with Gasteiger partial charge in [-0.15, -0.1) is 0 Å². The lowest BCUT2D eigenvalue weighted by Gasteiger charge is -2.15. The summed E-state index contributed by atoms with van der Waals surface area (Å²) in [6, 6.07) is 0. The Labute approximate surface area is 93.7 Å². The van der Waals surface area contributed by atoms with Gasteiger partial charge in [0.1, 0.15) is 0 Å². The molecule has 0 atom stereocenters. The van der Waals surface area contributed by atoms with E-state index in [-0.39, 0.29) is 12.2 Å². The van der Waals surface area contributed by atoms with E-state index in [2.05, 4.69) is 19.0 Å². The van der Waals surface area contributed by atoms with Crippen LogP contribution in [0.3, 0.4) is 0 Å². The largest absolute Gasteiger partial charge is 0.722 e. The molecule has 0 N–H and O–H groups in total. The van der Waals surface area contributed by atoms with Crippen molar-refractivity contribution in [2.75, 3.05) is 0 Å². The molecule has 3 nitrogen and oxygen atoms in total. The highest BCUT2D eigenvalue weighted by molar-refractivity contribution is 6.36. The zero-order valence-corrected chi connectivity index (χ0v) is 10.4. The molecule has 0 aromatic rings. The highest BCUT2D eigenvalue weighted by Crippen LogP contribution is 2.01. The van der Waals surface area contributed by atoms with Crippen LogP contribution in [0.25, 0.3) is 0 Å². The molecular weight excluding hydrogens is 191 g/mol. The van der Waals surface area contributed by atoms with Crippen LogP contribution in [-0.4, -0.2) is 19.5 Å². The monoisotopic (exact) mass is 212 g/mol. The van der Waals surface area contributed by atoms with E-state index in [9.17, 15) is 0 Å². The van der Waals surface area contributed by atoms with Crippen molar-refractivity contribution in [3.63, 3.8) is 0 Å². The molecule has 0 radical (unpaired) electrons. The van der Waals surface area contributed by atoms with E-state index in [1.165, 1.54) is 0 Å². The maximum absolute atomic E-state index is 5.39. The van der Waals surface area contributed by atoms with Crippen molar-refractivity contribution in [1.82, 2.24) is 0 Å². The van der Waals surface area contributed by atoms with E-state index < -0.39 is 7.32 Å². The SMILES string of the molecule is CCCC#COB(OC(C)C)OC(C)C. The molecule has 0 heterocycles. The predicted molar refractivity (Wildman–Crippen MR) is 62.0 cm³/mol. The minimum atomic E-state index is -0.686. The molecule has 0 unspecified atom stereocenters.